The third kappa shape index (κ3) is 2.21. The normalized spacial score (nSPS) is 22.1. The molecule has 5 heteroatoms. The molecule has 1 saturated heterocycles. The van der Waals surface area contributed by atoms with Crippen molar-refractivity contribution in [1.82, 2.24) is 14.7 Å². The van der Waals surface area contributed by atoms with Crippen LogP contribution in [-0.4, -0.2) is 46.3 Å². The van der Waals surface area contributed by atoms with Gasteiger partial charge in [-0.3, -0.25) is 14.4 Å². The van der Waals surface area contributed by atoms with Crippen molar-refractivity contribution in [3.63, 3.8) is 0 Å². The van der Waals surface area contributed by atoms with Gasteiger partial charge in [0.1, 0.15) is 5.69 Å². The number of fused-ring (bicyclic) bond motifs is 1. The minimum absolute atomic E-state index is 0.0376. The molecule has 2 aliphatic heterocycles. The SMILES string of the molecule is CC(=O)c1cc2n(n1)CC1(COC1)CN(C(C)C)C2. The minimum atomic E-state index is 0.0376. The highest BCUT2D eigenvalue weighted by Crippen LogP contribution is 2.34. The topological polar surface area (TPSA) is 47.4 Å². The highest BCUT2D eigenvalue weighted by molar-refractivity contribution is 5.92. The monoisotopic (exact) mass is 263 g/mol. The molecule has 104 valence electrons. The number of carbonyl (C=O) groups is 1. The third-order valence-corrected chi connectivity index (χ3v) is 4.16. The lowest BCUT2D eigenvalue weighted by atomic mass is 9.85. The van der Waals surface area contributed by atoms with Gasteiger partial charge in [0.25, 0.3) is 0 Å². The van der Waals surface area contributed by atoms with Crippen LogP contribution >= 0.6 is 0 Å². The van der Waals surface area contributed by atoms with E-state index in [1.807, 2.05) is 10.7 Å². The summed E-state index contributed by atoms with van der Waals surface area (Å²) in [6.07, 6.45) is 0. The average molecular weight is 263 g/mol. The van der Waals surface area contributed by atoms with Crippen molar-refractivity contribution in [2.45, 2.75) is 39.9 Å². The molecule has 3 rings (SSSR count). The van der Waals surface area contributed by atoms with Crippen LogP contribution in [0.3, 0.4) is 0 Å². The second kappa shape index (κ2) is 4.42. The summed E-state index contributed by atoms with van der Waals surface area (Å²) in [4.78, 5) is 13.9. The molecular formula is C14H21N3O2. The lowest BCUT2D eigenvalue weighted by molar-refractivity contribution is -0.135. The molecule has 5 nitrogen and oxygen atoms in total. The molecule has 3 heterocycles. The lowest BCUT2D eigenvalue weighted by Gasteiger charge is -2.43. The molecule has 0 aromatic carbocycles. The number of rotatable bonds is 2. The Kier molecular flexibility index (Phi) is 2.98. The number of ketones is 1. The van der Waals surface area contributed by atoms with Gasteiger partial charge in [0.2, 0.25) is 0 Å². The molecular weight excluding hydrogens is 242 g/mol. The first kappa shape index (κ1) is 12.8. The van der Waals surface area contributed by atoms with Crippen LogP contribution in [0.4, 0.5) is 0 Å². The second-order valence-corrected chi connectivity index (χ2v) is 6.23. The summed E-state index contributed by atoms with van der Waals surface area (Å²) >= 11 is 0. The Bertz CT molecular complexity index is 503. The van der Waals surface area contributed by atoms with Crippen LogP contribution < -0.4 is 0 Å². The lowest BCUT2D eigenvalue weighted by Crippen LogP contribution is -2.52. The van der Waals surface area contributed by atoms with E-state index in [4.69, 9.17) is 4.74 Å². The van der Waals surface area contributed by atoms with Gasteiger partial charge >= 0.3 is 0 Å². The van der Waals surface area contributed by atoms with Crippen LogP contribution in [0.5, 0.6) is 0 Å². The molecule has 0 radical (unpaired) electrons. The van der Waals surface area contributed by atoms with Crippen LogP contribution in [0.25, 0.3) is 0 Å². The molecule has 0 unspecified atom stereocenters. The van der Waals surface area contributed by atoms with E-state index < -0.39 is 0 Å². The molecule has 0 bridgehead atoms. The van der Waals surface area contributed by atoms with E-state index in [9.17, 15) is 4.79 Å². The van der Waals surface area contributed by atoms with Crippen LogP contribution in [0.1, 0.15) is 37.0 Å². The number of ether oxygens (including phenoxy) is 1. The van der Waals surface area contributed by atoms with Crippen LogP contribution in [0, 0.1) is 5.41 Å². The Hall–Kier alpha value is -1.20. The predicted octanol–water partition coefficient (Wildman–Crippen LogP) is 1.33. The summed E-state index contributed by atoms with van der Waals surface area (Å²) in [6.45, 7) is 10.4. The highest BCUT2D eigenvalue weighted by atomic mass is 16.5. The number of nitrogens with zero attached hydrogens (tertiary/aromatic N) is 3. The molecule has 0 saturated carbocycles. The van der Waals surface area contributed by atoms with Gasteiger partial charge in [-0.05, 0) is 19.9 Å². The van der Waals surface area contributed by atoms with E-state index >= 15 is 0 Å². The van der Waals surface area contributed by atoms with Crippen molar-refractivity contribution < 1.29 is 9.53 Å². The Balaban J connectivity index is 1.96. The molecule has 1 aromatic rings. The van der Waals surface area contributed by atoms with E-state index in [0.29, 0.717) is 11.7 Å². The van der Waals surface area contributed by atoms with E-state index in [1.165, 1.54) is 0 Å². The van der Waals surface area contributed by atoms with Gasteiger partial charge in [-0.2, -0.15) is 5.10 Å². The molecule has 2 aliphatic rings. The second-order valence-electron chi connectivity index (χ2n) is 6.23. The molecule has 1 fully saturated rings. The fourth-order valence-electron chi connectivity index (χ4n) is 2.89. The summed E-state index contributed by atoms with van der Waals surface area (Å²) in [7, 11) is 0. The van der Waals surface area contributed by atoms with Crippen LogP contribution in [0.2, 0.25) is 0 Å². The van der Waals surface area contributed by atoms with Crippen LogP contribution in [-0.2, 0) is 17.8 Å². The van der Waals surface area contributed by atoms with Crippen LogP contribution in [0.15, 0.2) is 6.07 Å². The first-order valence-corrected chi connectivity index (χ1v) is 6.89. The third-order valence-electron chi connectivity index (χ3n) is 4.16. The van der Waals surface area contributed by atoms with Crippen molar-refractivity contribution in [1.29, 1.82) is 0 Å². The smallest absolute Gasteiger partial charge is 0.179 e. The first-order valence-electron chi connectivity index (χ1n) is 6.89. The summed E-state index contributed by atoms with van der Waals surface area (Å²) in [5.74, 6) is 0.0376. The van der Waals surface area contributed by atoms with Gasteiger partial charge in [-0.25, -0.2) is 0 Å². The average Bonchev–Trinajstić information content (AvgIpc) is 2.60. The van der Waals surface area contributed by atoms with Gasteiger partial charge in [0, 0.05) is 31.5 Å². The van der Waals surface area contributed by atoms with Crippen molar-refractivity contribution in [3.8, 4) is 0 Å². The maximum Gasteiger partial charge on any atom is 0.179 e. The number of carbonyl (C=O) groups excluding carboxylic acids is 1. The number of aromatic nitrogens is 2. The zero-order valence-electron chi connectivity index (χ0n) is 11.8. The van der Waals surface area contributed by atoms with Gasteiger partial charge in [0.15, 0.2) is 5.78 Å². The van der Waals surface area contributed by atoms with E-state index in [1.54, 1.807) is 6.92 Å². The van der Waals surface area contributed by atoms with Crippen molar-refractivity contribution in [2.75, 3.05) is 19.8 Å². The quantitative estimate of drug-likeness (QED) is 0.755. The fraction of sp³-hybridized carbons (Fsp3) is 0.714. The summed E-state index contributed by atoms with van der Waals surface area (Å²) in [5, 5.41) is 4.47. The zero-order valence-corrected chi connectivity index (χ0v) is 11.8. The first-order chi connectivity index (χ1) is 8.99. The Morgan fingerprint density at radius 1 is 1.42 bits per heavy atom. The van der Waals surface area contributed by atoms with Gasteiger partial charge in [0.05, 0.1) is 25.5 Å². The zero-order chi connectivity index (χ0) is 13.6. The maximum absolute atomic E-state index is 11.5. The molecule has 1 spiro atoms. The number of hydrogen-bond acceptors (Lipinski definition) is 4. The summed E-state index contributed by atoms with van der Waals surface area (Å²) in [6, 6.07) is 2.43. The van der Waals surface area contributed by atoms with E-state index in [2.05, 4.69) is 23.8 Å². The molecule has 19 heavy (non-hydrogen) atoms. The van der Waals surface area contributed by atoms with Crippen molar-refractivity contribution in [2.24, 2.45) is 5.41 Å². The standard InChI is InChI=1S/C14H21N3O2/c1-10(2)16-5-12-4-13(11(3)18)15-17(12)7-14(6-16)8-19-9-14/h4,10H,5-9H2,1-3H3. The van der Waals surface area contributed by atoms with Gasteiger partial charge in [-0.15, -0.1) is 0 Å². The Labute approximate surface area is 113 Å². The molecule has 0 amide bonds. The molecule has 1 aromatic heterocycles. The van der Waals surface area contributed by atoms with Gasteiger partial charge < -0.3 is 4.74 Å². The largest absolute Gasteiger partial charge is 0.380 e. The highest BCUT2D eigenvalue weighted by Gasteiger charge is 2.43. The van der Waals surface area contributed by atoms with Crippen molar-refractivity contribution >= 4 is 5.78 Å². The summed E-state index contributed by atoms with van der Waals surface area (Å²) < 4.78 is 7.45. The van der Waals surface area contributed by atoms with Gasteiger partial charge in [-0.1, -0.05) is 0 Å². The fourth-order valence-corrected chi connectivity index (χ4v) is 2.89. The molecule has 0 atom stereocenters. The summed E-state index contributed by atoms with van der Waals surface area (Å²) in [5.41, 5.74) is 1.90. The Morgan fingerprint density at radius 3 is 2.68 bits per heavy atom. The minimum Gasteiger partial charge on any atom is -0.380 e. The van der Waals surface area contributed by atoms with Crippen molar-refractivity contribution in [3.05, 3.63) is 17.5 Å². The predicted molar refractivity (Wildman–Crippen MR) is 71.0 cm³/mol. The number of Topliss-reactive ketones (excluding diaryl/α,β-unsaturated/α-hetero) is 1. The number of hydrogen-bond donors (Lipinski definition) is 0. The molecule has 0 N–H and O–H groups in total. The maximum atomic E-state index is 11.5. The Morgan fingerprint density at radius 2 is 2.16 bits per heavy atom. The molecule has 0 aliphatic carbocycles. The van der Waals surface area contributed by atoms with E-state index in [0.717, 1.165) is 38.5 Å². The van der Waals surface area contributed by atoms with E-state index in [-0.39, 0.29) is 11.2 Å².